The SMILES string of the molecule is CCOc1cc2c(cc1/C=N\NC(=S)NCC[NH+]1CCOCC1)O[C@H](C)C2. The lowest BCUT2D eigenvalue weighted by Gasteiger charge is -2.23. The van der Waals surface area contributed by atoms with Gasteiger partial charge in [0.25, 0.3) is 0 Å². The van der Waals surface area contributed by atoms with E-state index in [0.29, 0.717) is 11.7 Å². The quantitative estimate of drug-likeness (QED) is 0.347. The maximum absolute atomic E-state index is 5.83. The monoisotopic (exact) mass is 393 g/mol. The molecule has 0 unspecified atom stereocenters. The topological polar surface area (TPSA) is 68.5 Å². The fraction of sp³-hybridized carbons (Fsp3) is 0.579. The zero-order valence-corrected chi connectivity index (χ0v) is 16.9. The number of hydrogen-bond donors (Lipinski definition) is 3. The zero-order chi connectivity index (χ0) is 19.1. The molecule has 1 atom stereocenters. The second kappa shape index (κ2) is 9.87. The second-order valence-corrected chi connectivity index (χ2v) is 7.21. The molecule has 3 N–H and O–H groups in total. The fourth-order valence-corrected chi connectivity index (χ4v) is 3.45. The van der Waals surface area contributed by atoms with E-state index in [1.54, 1.807) is 6.21 Å². The van der Waals surface area contributed by atoms with Crippen LogP contribution < -0.4 is 25.1 Å². The minimum absolute atomic E-state index is 0.199. The van der Waals surface area contributed by atoms with E-state index in [1.807, 2.05) is 19.1 Å². The summed E-state index contributed by atoms with van der Waals surface area (Å²) in [6.07, 6.45) is 2.83. The molecule has 1 saturated heterocycles. The Hall–Kier alpha value is -1.90. The third kappa shape index (κ3) is 5.79. The highest BCUT2D eigenvalue weighted by atomic mass is 32.1. The van der Waals surface area contributed by atoms with Crippen LogP contribution in [0.4, 0.5) is 0 Å². The molecule has 0 aliphatic carbocycles. The van der Waals surface area contributed by atoms with Crippen LogP contribution in [-0.2, 0) is 11.2 Å². The summed E-state index contributed by atoms with van der Waals surface area (Å²) in [7, 11) is 0. The van der Waals surface area contributed by atoms with Crippen LogP contribution in [0.25, 0.3) is 0 Å². The molecule has 0 amide bonds. The first-order chi connectivity index (χ1) is 13.2. The first-order valence-corrected chi connectivity index (χ1v) is 10.0. The maximum Gasteiger partial charge on any atom is 0.187 e. The molecule has 2 heterocycles. The molecular formula is C19H29N4O3S+. The number of fused-ring (bicyclic) bond motifs is 1. The fourth-order valence-electron chi connectivity index (χ4n) is 3.30. The van der Waals surface area contributed by atoms with Gasteiger partial charge in [0.15, 0.2) is 5.11 Å². The molecule has 8 heteroatoms. The lowest BCUT2D eigenvalue weighted by Crippen LogP contribution is -3.14. The Morgan fingerprint density at radius 1 is 1.41 bits per heavy atom. The lowest BCUT2D eigenvalue weighted by molar-refractivity contribution is -0.906. The normalized spacial score (nSPS) is 19.6. The van der Waals surface area contributed by atoms with E-state index in [9.17, 15) is 0 Å². The van der Waals surface area contributed by atoms with E-state index in [-0.39, 0.29) is 6.10 Å². The highest BCUT2D eigenvalue weighted by molar-refractivity contribution is 7.80. The van der Waals surface area contributed by atoms with E-state index in [0.717, 1.165) is 62.9 Å². The van der Waals surface area contributed by atoms with E-state index >= 15 is 0 Å². The molecule has 2 aliphatic rings. The van der Waals surface area contributed by atoms with Crippen molar-refractivity contribution >= 4 is 23.5 Å². The van der Waals surface area contributed by atoms with E-state index in [4.69, 9.17) is 26.4 Å². The van der Waals surface area contributed by atoms with Crippen molar-refractivity contribution in [2.24, 2.45) is 5.10 Å². The summed E-state index contributed by atoms with van der Waals surface area (Å²) in [5, 5.41) is 7.96. The number of thiocarbonyl (C=S) groups is 1. The summed E-state index contributed by atoms with van der Waals surface area (Å²) in [4.78, 5) is 1.54. The van der Waals surface area contributed by atoms with Crippen molar-refractivity contribution in [2.45, 2.75) is 26.4 Å². The second-order valence-electron chi connectivity index (χ2n) is 6.80. The smallest absolute Gasteiger partial charge is 0.187 e. The van der Waals surface area contributed by atoms with Gasteiger partial charge in [0.2, 0.25) is 0 Å². The van der Waals surface area contributed by atoms with Gasteiger partial charge in [-0.1, -0.05) is 0 Å². The van der Waals surface area contributed by atoms with Crippen LogP contribution in [0.2, 0.25) is 0 Å². The number of benzene rings is 1. The van der Waals surface area contributed by atoms with Crippen LogP contribution in [0.1, 0.15) is 25.0 Å². The molecule has 7 nitrogen and oxygen atoms in total. The van der Waals surface area contributed by atoms with Crippen LogP contribution in [0.15, 0.2) is 17.2 Å². The Bertz CT molecular complexity index is 677. The molecular weight excluding hydrogens is 364 g/mol. The third-order valence-electron chi connectivity index (χ3n) is 4.66. The molecule has 0 radical (unpaired) electrons. The number of hydrogen-bond acceptors (Lipinski definition) is 5. The molecule has 148 valence electrons. The first-order valence-electron chi connectivity index (χ1n) is 9.60. The summed E-state index contributed by atoms with van der Waals surface area (Å²) in [5.74, 6) is 1.72. The van der Waals surface area contributed by atoms with Crippen molar-refractivity contribution in [3.8, 4) is 11.5 Å². The number of nitrogens with zero attached hydrogens (tertiary/aromatic N) is 1. The van der Waals surface area contributed by atoms with Gasteiger partial charge >= 0.3 is 0 Å². The van der Waals surface area contributed by atoms with Crippen molar-refractivity contribution in [3.63, 3.8) is 0 Å². The van der Waals surface area contributed by atoms with Gasteiger partial charge in [-0.15, -0.1) is 0 Å². The summed E-state index contributed by atoms with van der Waals surface area (Å²) < 4.78 is 16.9. The summed E-state index contributed by atoms with van der Waals surface area (Å²) in [6.45, 7) is 10.3. The van der Waals surface area contributed by atoms with Gasteiger partial charge < -0.3 is 24.4 Å². The molecule has 0 saturated carbocycles. The van der Waals surface area contributed by atoms with Gasteiger partial charge in [0, 0.05) is 17.5 Å². The maximum atomic E-state index is 5.83. The van der Waals surface area contributed by atoms with Crippen molar-refractivity contribution in [1.82, 2.24) is 10.7 Å². The van der Waals surface area contributed by atoms with Gasteiger partial charge in [-0.3, -0.25) is 5.43 Å². The molecule has 0 spiro atoms. The minimum atomic E-state index is 0.199. The highest BCUT2D eigenvalue weighted by Crippen LogP contribution is 2.34. The highest BCUT2D eigenvalue weighted by Gasteiger charge is 2.21. The molecule has 1 aromatic carbocycles. The first kappa shape index (κ1) is 19.9. The molecule has 1 aromatic rings. The van der Waals surface area contributed by atoms with Gasteiger partial charge in [-0.05, 0) is 38.2 Å². The van der Waals surface area contributed by atoms with Crippen molar-refractivity contribution in [3.05, 3.63) is 23.3 Å². The predicted molar refractivity (Wildman–Crippen MR) is 109 cm³/mol. The van der Waals surface area contributed by atoms with Gasteiger partial charge in [-0.2, -0.15) is 5.10 Å². The number of morpholine rings is 1. The van der Waals surface area contributed by atoms with Crippen LogP contribution in [0.3, 0.4) is 0 Å². The van der Waals surface area contributed by atoms with Gasteiger partial charge in [0.05, 0.1) is 39.1 Å². The summed E-state index contributed by atoms with van der Waals surface area (Å²) in [6, 6.07) is 4.03. The Morgan fingerprint density at radius 3 is 3.00 bits per heavy atom. The predicted octanol–water partition coefficient (Wildman–Crippen LogP) is 0.122. The zero-order valence-electron chi connectivity index (χ0n) is 16.0. The molecule has 0 aromatic heterocycles. The molecule has 1 fully saturated rings. The molecule has 27 heavy (non-hydrogen) atoms. The number of ether oxygens (including phenoxy) is 3. The standard InChI is InChI=1S/C19H28N4O3S/c1-3-25-17-11-15-10-14(2)26-18(15)12-16(17)13-21-22-19(27)20-4-5-23-6-8-24-9-7-23/h11-14H,3-10H2,1-2H3,(H2,20,22,27)/p+1/b21-13-/t14-/m1/s1. The van der Waals surface area contributed by atoms with Crippen molar-refractivity contribution < 1.29 is 19.1 Å². The van der Waals surface area contributed by atoms with Crippen LogP contribution >= 0.6 is 12.2 Å². The number of rotatable bonds is 7. The lowest BCUT2D eigenvalue weighted by atomic mass is 10.1. The number of nitrogens with one attached hydrogen (secondary N) is 3. The number of quaternary nitrogens is 1. The third-order valence-corrected chi connectivity index (χ3v) is 4.90. The van der Waals surface area contributed by atoms with E-state index < -0.39 is 0 Å². The molecule has 2 aliphatic heterocycles. The Labute approximate surface area is 166 Å². The average molecular weight is 394 g/mol. The minimum Gasteiger partial charge on any atom is -0.493 e. The molecule has 3 rings (SSSR count). The van der Waals surface area contributed by atoms with E-state index in [1.165, 1.54) is 10.5 Å². The molecule has 0 bridgehead atoms. The van der Waals surface area contributed by atoms with E-state index in [2.05, 4.69) is 22.8 Å². The van der Waals surface area contributed by atoms with Crippen LogP contribution in [0.5, 0.6) is 11.5 Å². The van der Waals surface area contributed by atoms with Crippen LogP contribution in [0, 0.1) is 0 Å². The average Bonchev–Trinajstić information content (AvgIpc) is 3.02. The largest absolute Gasteiger partial charge is 0.493 e. The Balaban J connectivity index is 1.49. The van der Waals surface area contributed by atoms with Crippen molar-refractivity contribution in [1.29, 1.82) is 0 Å². The van der Waals surface area contributed by atoms with Gasteiger partial charge in [0.1, 0.15) is 30.7 Å². The summed E-state index contributed by atoms with van der Waals surface area (Å²) >= 11 is 5.29. The van der Waals surface area contributed by atoms with Crippen molar-refractivity contribution in [2.75, 3.05) is 46.0 Å². The Morgan fingerprint density at radius 2 is 2.22 bits per heavy atom. The van der Waals surface area contributed by atoms with Gasteiger partial charge in [-0.25, -0.2) is 0 Å². The van der Waals surface area contributed by atoms with Crippen LogP contribution in [-0.4, -0.2) is 63.4 Å². The Kier molecular flexibility index (Phi) is 7.25. The summed E-state index contributed by atoms with van der Waals surface area (Å²) in [5.41, 5.74) is 4.93. The number of hydrazone groups is 1.